The standard InChI is InChI=1S/C23H24N4O4/c1-2-18(22(28)25-15-7-8-19-20(12-15)31-10-9-30-19)27-13-24-21-16(23(27)29)11-14-5-3-4-6-17(14)26-21/h7-8,11-13,18H,2-6,9-10H2,1H3,(H,25,28). The van der Waals surface area contributed by atoms with Crippen LogP contribution < -0.4 is 20.3 Å². The number of carbonyl (C=O) groups excluding carboxylic acids is 1. The van der Waals surface area contributed by atoms with E-state index in [0.717, 1.165) is 36.9 Å². The molecule has 3 aromatic rings. The molecule has 8 nitrogen and oxygen atoms in total. The van der Waals surface area contributed by atoms with Gasteiger partial charge in [-0.05, 0) is 55.9 Å². The van der Waals surface area contributed by atoms with E-state index in [1.165, 1.54) is 10.9 Å². The van der Waals surface area contributed by atoms with Crippen LogP contribution in [0.1, 0.15) is 43.5 Å². The van der Waals surface area contributed by atoms with Gasteiger partial charge in [-0.15, -0.1) is 0 Å². The number of nitrogens with one attached hydrogen (secondary N) is 1. The SMILES string of the molecule is CCC(C(=O)Nc1ccc2c(c1)OCCO2)n1cnc2nc3c(cc2c1=O)CCCC3. The number of fused-ring (bicyclic) bond motifs is 3. The summed E-state index contributed by atoms with van der Waals surface area (Å²) in [7, 11) is 0. The molecule has 1 amide bonds. The molecule has 1 atom stereocenters. The molecule has 0 fully saturated rings. The van der Waals surface area contributed by atoms with E-state index in [2.05, 4.69) is 15.3 Å². The molecule has 0 saturated heterocycles. The first-order chi connectivity index (χ1) is 15.1. The van der Waals surface area contributed by atoms with Crippen LogP contribution in [0.15, 0.2) is 35.4 Å². The zero-order valence-electron chi connectivity index (χ0n) is 17.4. The average molecular weight is 420 g/mol. The highest BCUT2D eigenvalue weighted by molar-refractivity contribution is 5.94. The van der Waals surface area contributed by atoms with Gasteiger partial charge < -0.3 is 14.8 Å². The topological polar surface area (TPSA) is 95.3 Å². The maximum atomic E-state index is 13.2. The smallest absolute Gasteiger partial charge is 0.263 e. The fourth-order valence-corrected chi connectivity index (χ4v) is 4.26. The van der Waals surface area contributed by atoms with Crippen molar-refractivity contribution in [2.24, 2.45) is 0 Å². The van der Waals surface area contributed by atoms with Crippen molar-refractivity contribution in [2.75, 3.05) is 18.5 Å². The second-order valence-corrected chi connectivity index (χ2v) is 7.90. The molecule has 8 heteroatoms. The van der Waals surface area contributed by atoms with Crippen molar-refractivity contribution in [3.63, 3.8) is 0 Å². The maximum absolute atomic E-state index is 13.2. The van der Waals surface area contributed by atoms with Crippen molar-refractivity contribution in [1.29, 1.82) is 0 Å². The van der Waals surface area contributed by atoms with Crippen molar-refractivity contribution >= 4 is 22.6 Å². The van der Waals surface area contributed by atoms with Gasteiger partial charge in [-0.3, -0.25) is 14.2 Å². The second kappa shape index (κ2) is 8.02. The van der Waals surface area contributed by atoms with E-state index in [4.69, 9.17) is 9.47 Å². The lowest BCUT2D eigenvalue weighted by Crippen LogP contribution is -2.33. The molecule has 5 rings (SSSR count). The largest absolute Gasteiger partial charge is 0.486 e. The van der Waals surface area contributed by atoms with Crippen molar-refractivity contribution in [3.05, 3.63) is 52.2 Å². The van der Waals surface area contributed by atoms with Gasteiger partial charge >= 0.3 is 0 Å². The number of hydrogen-bond acceptors (Lipinski definition) is 6. The van der Waals surface area contributed by atoms with E-state index in [9.17, 15) is 9.59 Å². The summed E-state index contributed by atoms with van der Waals surface area (Å²) in [6.45, 7) is 2.85. The quantitative estimate of drug-likeness (QED) is 0.697. The van der Waals surface area contributed by atoms with Gasteiger partial charge in [-0.25, -0.2) is 9.97 Å². The first kappa shape index (κ1) is 19.5. The lowest BCUT2D eigenvalue weighted by atomic mass is 9.95. The molecule has 1 aromatic carbocycles. The second-order valence-electron chi connectivity index (χ2n) is 7.90. The number of amides is 1. The summed E-state index contributed by atoms with van der Waals surface area (Å²) < 4.78 is 12.5. The van der Waals surface area contributed by atoms with Crippen molar-refractivity contribution < 1.29 is 14.3 Å². The summed E-state index contributed by atoms with van der Waals surface area (Å²) in [5.74, 6) is 0.966. The van der Waals surface area contributed by atoms with Gasteiger partial charge in [0.25, 0.3) is 5.56 Å². The van der Waals surface area contributed by atoms with Crippen LogP contribution in [0.5, 0.6) is 11.5 Å². The number of carbonyl (C=O) groups is 1. The van der Waals surface area contributed by atoms with E-state index in [1.54, 1.807) is 18.2 Å². The van der Waals surface area contributed by atoms with Crippen LogP contribution in [-0.4, -0.2) is 33.7 Å². The molecule has 0 bridgehead atoms. The molecule has 1 aliphatic carbocycles. The average Bonchev–Trinajstić information content (AvgIpc) is 2.80. The van der Waals surface area contributed by atoms with Gasteiger partial charge in [0.15, 0.2) is 17.1 Å². The fourth-order valence-electron chi connectivity index (χ4n) is 4.26. The molecule has 1 aliphatic heterocycles. The number of aryl methyl sites for hydroxylation is 2. The highest BCUT2D eigenvalue weighted by Gasteiger charge is 2.23. The fraction of sp³-hybridized carbons (Fsp3) is 0.391. The van der Waals surface area contributed by atoms with Crippen LogP contribution in [0.2, 0.25) is 0 Å². The van der Waals surface area contributed by atoms with Gasteiger partial charge in [0.05, 0.1) is 5.39 Å². The summed E-state index contributed by atoms with van der Waals surface area (Å²) in [6, 6.07) is 6.48. The van der Waals surface area contributed by atoms with Crippen LogP contribution in [0.25, 0.3) is 11.0 Å². The number of benzene rings is 1. The van der Waals surface area contributed by atoms with Crippen LogP contribution in [0.4, 0.5) is 5.69 Å². The molecule has 0 radical (unpaired) electrons. The molecule has 0 saturated carbocycles. The molecular formula is C23H24N4O4. The first-order valence-electron chi connectivity index (χ1n) is 10.7. The predicted octanol–water partition coefficient (Wildman–Crippen LogP) is 3.03. The van der Waals surface area contributed by atoms with Gasteiger partial charge in [0.2, 0.25) is 5.91 Å². The van der Waals surface area contributed by atoms with Gasteiger partial charge in [-0.1, -0.05) is 6.92 Å². The molecule has 2 aromatic heterocycles. The number of anilines is 1. The van der Waals surface area contributed by atoms with Gasteiger partial charge in [0.1, 0.15) is 25.6 Å². The molecule has 1 N–H and O–H groups in total. The Balaban J connectivity index is 1.45. The van der Waals surface area contributed by atoms with Gasteiger partial charge in [0, 0.05) is 17.4 Å². The van der Waals surface area contributed by atoms with E-state index in [-0.39, 0.29) is 11.5 Å². The van der Waals surface area contributed by atoms with Gasteiger partial charge in [-0.2, -0.15) is 0 Å². The monoisotopic (exact) mass is 420 g/mol. The highest BCUT2D eigenvalue weighted by atomic mass is 16.6. The normalized spacial score (nSPS) is 15.9. The molecule has 160 valence electrons. The molecule has 3 heterocycles. The summed E-state index contributed by atoms with van der Waals surface area (Å²) >= 11 is 0. The number of rotatable bonds is 4. The molecule has 0 spiro atoms. The number of aromatic nitrogens is 3. The van der Waals surface area contributed by atoms with E-state index in [0.29, 0.717) is 47.9 Å². The van der Waals surface area contributed by atoms with Crippen LogP contribution in [0.3, 0.4) is 0 Å². The Labute approximate surface area is 179 Å². The molecular weight excluding hydrogens is 396 g/mol. The zero-order chi connectivity index (χ0) is 21.4. The van der Waals surface area contributed by atoms with E-state index >= 15 is 0 Å². The third-order valence-corrected chi connectivity index (χ3v) is 5.88. The Morgan fingerprint density at radius 2 is 1.97 bits per heavy atom. The minimum atomic E-state index is -0.686. The molecule has 2 aliphatic rings. The Kier molecular flexibility index (Phi) is 5.05. The Bertz CT molecular complexity index is 1220. The Hall–Kier alpha value is -3.42. The summed E-state index contributed by atoms with van der Waals surface area (Å²) in [4.78, 5) is 35.3. The van der Waals surface area contributed by atoms with E-state index in [1.807, 2.05) is 13.0 Å². The lowest BCUT2D eigenvalue weighted by molar-refractivity contribution is -0.119. The number of nitrogens with zero attached hydrogens (tertiary/aromatic N) is 3. The minimum Gasteiger partial charge on any atom is -0.486 e. The van der Waals surface area contributed by atoms with E-state index < -0.39 is 6.04 Å². The third kappa shape index (κ3) is 3.62. The van der Waals surface area contributed by atoms with Crippen molar-refractivity contribution in [2.45, 2.75) is 45.1 Å². The molecule has 1 unspecified atom stereocenters. The first-order valence-corrected chi connectivity index (χ1v) is 10.7. The summed E-state index contributed by atoms with van der Waals surface area (Å²) in [5.41, 5.74) is 2.94. The Morgan fingerprint density at radius 3 is 2.81 bits per heavy atom. The Morgan fingerprint density at radius 1 is 1.16 bits per heavy atom. The number of hydrogen-bond donors (Lipinski definition) is 1. The minimum absolute atomic E-state index is 0.241. The molecule has 31 heavy (non-hydrogen) atoms. The lowest BCUT2D eigenvalue weighted by Gasteiger charge is -2.21. The third-order valence-electron chi connectivity index (χ3n) is 5.88. The van der Waals surface area contributed by atoms with Crippen molar-refractivity contribution in [1.82, 2.24) is 14.5 Å². The number of pyridine rings is 1. The van der Waals surface area contributed by atoms with Crippen LogP contribution in [0, 0.1) is 0 Å². The van der Waals surface area contributed by atoms with Crippen LogP contribution in [-0.2, 0) is 17.6 Å². The summed E-state index contributed by atoms with van der Waals surface area (Å²) in [6.07, 6.45) is 5.94. The maximum Gasteiger partial charge on any atom is 0.263 e. The predicted molar refractivity (Wildman–Crippen MR) is 116 cm³/mol. The summed E-state index contributed by atoms with van der Waals surface area (Å²) in [5, 5.41) is 3.36. The van der Waals surface area contributed by atoms with Crippen molar-refractivity contribution in [3.8, 4) is 11.5 Å². The highest BCUT2D eigenvalue weighted by Crippen LogP contribution is 2.33. The van der Waals surface area contributed by atoms with Crippen LogP contribution >= 0.6 is 0 Å². The zero-order valence-corrected chi connectivity index (χ0v) is 17.4. The number of ether oxygens (including phenoxy) is 2.